The lowest BCUT2D eigenvalue weighted by Gasteiger charge is -2.25. The van der Waals surface area contributed by atoms with Crippen molar-refractivity contribution < 1.29 is 14.5 Å². The second-order valence-corrected chi connectivity index (χ2v) is 6.50. The van der Waals surface area contributed by atoms with Gasteiger partial charge in [-0.25, -0.2) is 4.98 Å². The Labute approximate surface area is 132 Å². The van der Waals surface area contributed by atoms with Gasteiger partial charge in [-0.1, -0.05) is 6.92 Å². The Kier molecular flexibility index (Phi) is 4.93. The predicted octanol–water partition coefficient (Wildman–Crippen LogP) is 1.65. The first kappa shape index (κ1) is 15.3. The molecule has 0 aliphatic carbocycles. The number of piperidine rings is 1. The van der Waals surface area contributed by atoms with Gasteiger partial charge in [0.25, 0.3) is 11.7 Å². The average molecular weight is 304 g/mol. The fourth-order valence-electron chi connectivity index (χ4n) is 3.28. The number of nitrogens with one attached hydrogen (secondary N) is 2. The summed E-state index contributed by atoms with van der Waals surface area (Å²) in [6.45, 7) is 5.88. The number of aromatic amines is 1. The molecule has 0 saturated carbocycles. The van der Waals surface area contributed by atoms with E-state index in [4.69, 9.17) is 4.74 Å². The number of aromatic nitrogens is 1. The predicted molar refractivity (Wildman–Crippen MR) is 84.9 cm³/mol. The number of hydrogen-bond donors (Lipinski definition) is 1. The van der Waals surface area contributed by atoms with E-state index in [0.717, 1.165) is 44.3 Å². The van der Waals surface area contributed by atoms with Crippen molar-refractivity contribution in [2.75, 3.05) is 31.1 Å². The smallest absolute Gasteiger partial charge is 0.274 e. The SMILES string of the molecule is C[C@H]1CCCN(c2ccc(C(=O)NC[C@@H]3CCCO3)c[nH+]2)C1. The Morgan fingerprint density at radius 2 is 2.32 bits per heavy atom. The number of H-pyrrole nitrogens is 1. The van der Waals surface area contributed by atoms with Gasteiger partial charge in [0.1, 0.15) is 6.20 Å². The molecule has 1 amide bonds. The van der Waals surface area contributed by atoms with Crippen LogP contribution in [0, 0.1) is 5.92 Å². The first-order valence-electron chi connectivity index (χ1n) is 8.39. The summed E-state index contributed by atoms with van der Waals surface area (Å²) in [5.74, 6) is 1.80. The molecular weight excluding hydrogens is 278 g/mol. The van der Waals surface area contributed by atoms with Crippen LogP contribution in [0.1, 0.15) is 43.0 Å². The number of nitrogens with zero attached hydrogens (tertiary/aromatic N) is 1. The van der Waals surface area contributed by atoms with E-state index in [1.54, 1.807) is 6.20 Å². The van der Waals surface area contributed by atoms with Crippen LogP contribution in [0.3, 0.4) is 0 Å². The van der Waals surface area contributed by atoms with Crippen molar-refractivity contribution in [1.82, 2.24) is 5.32 Å². The van der Waals surface area contributed by atoms with Crippen LogP contribution in [0.15, 0.2) is 18.3 Å². The van der Waals surface area contributed by atoms with Crippen LogP contribution in [0.4, 0.5) is 5.82 Å². The summed E-state index contributed by atoms with van der Waals surface area (Å²) in [5, 5.41) is 2.95. The molecule has 22 heavy (non-hydrogen) atoms. The molecule has 2 aliphatic rings. The molecule has 0 radical (unpaired) electrons. The Morgan fingerprint density at radius 1 is 1.41 bits per heavy atom. The first-order chi connectivity index (χ1) is 10.7. The van der Waals surface area contributed by atoms with Gasteiger partial charge in [-0.05, 0) is 37.7 Å². The summed E-state index contributed by atoms with van der Waals surface area (Å²) in [5.41, 5.74) is 0.673. The summed E-state index contributed by atoms with van der Waals surface area (Å²) in [7, 11) is 0. The molecule has 5 nitrogen and oxygen atoms in total. The number of hydrogen-bond acceptors (Lipinski definition) is 3. The summed E-state index contributed by atoms with van der Waals surface area (Å²) < 4.78 is 5.52. The van der Waals surface area contributed by atoms with E-state index >= 15 is 0 Å². The highest BCUT2D eigenvalue weighted by Gasteiger charge is 2.23. The van der Waals surface area contributed by atoms with Gasteiger partial charge >= 0.3 is 0 Å². The van der Waals surface area contributed by atoms with Crippen LogP contribution in [0.2, 0.25) is 0 Å². The zero-order valence-electron chi connectivity index (χ0n) is 13.3. The Morgan fingerprint density at radius 3 is 3.00 bits per heavy atom. The number of carbonyl (C=O) groups is 1. The zero-order valence-corrected chi connectivity index (χ0v) is 13.3. The van der Waals surface area contributed by atoms with Crippen molar-refractivity contribution in [2.24, 2.45) is 5.92 Å². The van der Waals surface area contributed by atoms with Gasteiger partial charge in [-0.15, -0.1) is 0 Å². The van der Waals surface area contributed by atoms with E-state index in [-0.39, 0.29) is 12.0 Å². The van der Waals surface area contributed by atoms with Gasteiger partial charge in [-0.2, -0.15) is 0 Å². The molecule has 0 bridgehead atoms. The molecule has 0 aromatic carbocycles. The molecule has 2 fully saturated rings. The van der Waals surface area contributed by atoms with Crippen LogP contribution < -0.4 is 15.2 Å². The molecule has 2 atom stereocenters. The van der Waals surface area contributed by atoms with Gasteiger partial charge in [0.2, 0.25) is 0 Å². The lowest BCUT2D eigenvalue weighted by atomic mass is 10.0. The number of ether oxygens (including phenoxy) is 1. The van der Waals surface area contributed by atoms with Crippen molar-refractivity contribution >= 4 is 11.7 Å². The van der Waals surface area contributed by atoms with Crippen molar-refractivity contribution in [2.45, 2.75) is 38.7 Å². The molecule has 2 saturated heterocycles. The number of carbonyl (C=O) groups excluding carboxylic acids is 1. The maximum absolute atomic E-state index is 12.1. The third kappa shape index (κ3) is 3.77. The first-order valence-corrected chi connectivity index (χ1v) is 8.39. The van der Waals surface area contributed by atoms with E-state index in [2.05, 4.69) is 22.1 Å². The topological polar surface area (TPSA) is 55.7 Å². The molecule has 2 aliphatic heterocycles. The molecule has 2 N–H and O–H groups in total. The van der Waals surface area contributed by atoms with Crippen molar-refractivity contribution in [3.63, 3.8) is 0 Å². The molecular formula is C17H26N3O2+. The average Bonchev–Trinajstić information content (AvgIpc) is 3.06. The second kappa shape index (κ2) is 7.09. The molecule has 0 spiro atoms. The summed E-state index contributed by atoms with van der Waals surface area (Å²) in [6.07, 6.45) is 6.66. The van der Waals surface area contributed by atoms with E-state index in [9.17, 15) is 4.79 Å². The maximum Gasteiger partial charge on any atom is 0.274 e. The van der Waals surface area contributed by atoms with E-state index in [1.165, 1.54) is 12.8 Å². The molecule has 5 heteroatoms. The monoisotopic (exact) mass is 304 g/mol. The zero-order chi connectivity index (χ0) is 15.4. The Bertz CT molecular complexity index is 497. The standard InChI is InChI=1S/C17H25N3O2/c1-13-4-2-8-20(12-13)16-7-6-14(10-18-16)17(21)19-11-15-5-3-9-22-15/h6-7,10,13,15H,2-5,8-9,11-12H2,1H3,(H,19,21)/p+1/t13-,15-/m0/s1. The molecule has 1 aromatic rings. The Hall–Kier alpha value is -1.62. The van der Waals surface area contributed by atoms with Gasteiger partial charge in [0, 0.05) is 19.2 Å². The highest BCUT2D eigenvalue weighted by atomic mass is 16.5. The van der Waals surface area contributed by atoms with Crippen molar-refractivity contribution in [3.8, 4) is 0 Å². The third-order valence-corrected chi connectivity index (χ3v) is 4.57. The van der Waals surface area contributed by atoms with E-state index < -0.39 is 0 Å². The van der Waals surface area contributed by atoms with Crippen molar-refractivity contribution in [3.05, 3.63) is 23.9 Å². The van der Waals surface area contributed by atoms with Gasteiger partial charge < -0.3 is 10.1 Å². The van der Waals surface area contributed by atoms with E-state index in [1.807, 2.05) is 12.1 Å². The van der Waals surface area contributed by atoms with E-state index in [0.29, 0.717) is 12.1 Å². The molecule has 3 heterocycles. The molecule has 120 valence electrons. The summed E-state index contributed by atoms with van der Waals surface area (Å²) in [6, 6.07) is 3.91. The van der Waals surface area contributed by atoms with Crippen molar-refractivity contribution in [1.29, 1.82) is 0 Å². The third-order valence-electron chi connectivity index (χ3n) is 4.57. The van der Waals surface area contributed by atoms with Crippen LogP contribution >= 0.6 is 0 Å². The molecule has 3 rings (SSSR count). The van der Waals surface area contributed by atoms with Crippen LogP contribution in [0.25, 0.3) is 0 Å². The summed E-state index contributed by atoms with van der Waals surface area (Å²) >= 11 is 0. The van der Waals surface area contributed by atoms with Gasteiger partial charge in [0.05, 0.1) is 24.8 Å². The second-order valence-electron chi connectivity index (χ2n) is 6.50. The fourth-order valence-corrected chi connectivity index (χ4v) is 3.28. The number of rotatable bonds is 4. The molecule has 1 aromatic heterocycles. The van der Waals surface area contributed by atoms with Crippen LogP contribution in [-0.2, 0) is 4.74 Å². The highest BCUT2D eigenvalue weighted by Crippen LogP contribution is 2.19. The molecule has 0 unspecified atom stereocenters. The van der Waals surface area contributed by atoms with Gasteiger partial charge in [-0.3, -0.25) is 9.69 Å². The normalized spacial score (nSPS) is 25.2. The minimum absolute atomic E-state index is 0.0367. The quantitative estimate of drug-likeness (QED) is 0.920. The number of pyridine rings is 1. The number of amides is 1. The largest absolute Gasteiger partial charge is 0.376 e. The highest BCUT2D eigenvalue weighted by molar-refractivity contribution is 5.93. The van der Waals surface area contributed by atoms with Crippen LogP contribution in [-0.4, -0.2) is 38.3 Å². The van der Waals surface area contributed by atoms with Crippen LogP contribution in [0.5, 0.6) is 0 Å². The fraction of sp³-hybridized carbons (Fsp3) is 0.647. The van der Waals surface area contributed by atoms with Gasteiger partial charge in [0.15, 0.2) is 0 Å². The summed E-state index contributed by atoms with van der Waals surface area (Å²) in [4.78, 5) is 17.8. The Balaban J connectivity index is 1.54. The maximum atomic E-state index is 12.1. The lowest BCUT2D eigenvalue weighted by Crippen LogP contribution is -2.38. The minimum atomic E-state index is -0.0367. The lowest BCUT2D eigenvalue weighted by molar-refractivity contribution is -0.364. The number of anilines is 1. The minimum Gasteiger partial charge on any atom is -0.376 e.